The fraction of sp³-hybridized carbons (Fsp3) is 0.941. The first-order valence-corrected chi connectivity index (χ1v) is 8.35. The van der Waals surface area contributed by atoms with Crippen molar-refractivity contribution in [2.45, 2.75) is 59.3 Å². The number of carbonyl (C=O) groups is 1. The second-order valence-electron chi connectivity index (χ2n) is 7.09. The van der Waals surface area contributed by atoms with E-state index in [4.69, 9.17) is 0 Å². The number of hydrogen-bond acceptors (Lipinski definition) is 2. The van der Waals surface area contributed by atoms with Gasteiger partial charge in [0.15, 0.2) is 0 Å². The number of likely N-dealkylation sites (tertiary alicyclic amines) is 1. The highest BCUT2D eigenvalue weighted by molar-refractivity contribution is 5.81. The lowest BCUT2D eigenvalue weighted by atomic mass is 9.78. The van der Waals surface area contributed by atoms with Gasteiger partial charge < -0.3 is 4.90 Å². The van der Waals surface area contributed by atoms with Crippen molar-refractivity contribution in [2.24, 2.45) is 23.7 Å². The normalized spacial score (nSPS) is 31.1. The van der Waals surface area contributed by atoms with Crippen LogP contribution in [0.1, 0.15) is 59.3 Å². The van der Waals surface area contributed by atoms with Gasteiger partial charge in [-0.1, -0.05) is 27.2 Å². The molecule has 1 aliphatic heterocycles. The van der Waals surface area contributed by atoms with Gasteiger partial charge in [-0.2, -0.15) is 0 Å². The van der Waals surface area contributed by atoms with Crippen molar-refractivity contribution in [1.82, 2.24) is 4.90 Å². The van der Waals surface area contributed by atoms with E-state index < -0.39 is 0 Å². The van der Waals surface area contributed by atoms with E-state index >= 15 is 0 Å². The summed E-state index contributed by atoms with van der Waals surface area (Å²) in [6.07, 6.45) is 7.04. The van der Waals surface area contributed by atoms with Crippen LogP contribution in [-0.2, 0) is 4.79 Å². The van der Waals surface area contributed by atoms with Gasteiger partial charge in [-0.15, -0.1) is 0 Å². The molecule has 0 amide bonds. The Morgan fingerprint density at radius 1 is 1.21 bits per heavy atom. The van der Waals surface area contributed by atoms with Gasteiger partial charge in [0, 0.05) is 18.9 Å². The molecule has 1 saturated heterocycles. The molecule has 0 N–H and O–H groups in total. The van der Waals surface area contributed by atoms with Crippen molar-refractivity contribution in [1.29, 1.82) is 0 Å². The zero-order valence-electron chi connectivity index (χ0n) is 13.0. The molecule has 2 fully saturated rings. The highest BCUT2D eigenvalue weighted by atomic mass is 16.1. The molecule has 2 aliphatic rings. The van der Waals surface area contributed by atoms with Crippen LogP contribution in [0.5, 0.6) is 0 Å². The summed E-state index contributed by atoms with van der Waals surface area (Å²) in [7, 11) is 0. The predicted molar refractivity (Wildman–Crippen MR) is 80.1 cm³/mol. The quantitative estimate of drug-likeness (QED) is 0.771. The smallest absolute Gasteiger partial charge is 0.137 e. The van der Waals surface area contributed by atoms with Crippen molar-refractivity contribution < 1.29 is 4.79 Å². The monoisotopic (exact) mass is 265 g/mol. The number of Topliss-reactive ketones (excluding diaryl/α,β-unsaturated/α-hetero) is 1. The van der Waals surface area contributed by atoms with Gasteiger partial charge in [-0.25, -0.2) is 0 Å². The minimum Gasteiger partial charge on any atom is -0.303 e. The number of hydrogen-bond donors (Lipinski definition) is 0. The van der Waals surface area contributed by atoms with E-state index in [0.29, 0.717) is 11.7 Å². The summed E-state index contributed by atoms with van der Waals surface area (Å²) in [6, 6.07) is 0. The summed E-state index contributed by atoms with van der Waals surface area (Å²) in [6.45, 7) is 10.4. The van der Waals surface area contributed by atoms with Crippen LogP contribution in [-0.4, -0.2) is 30.3 Å². The first-order chi connectivity index (χ1) is 9.10. The molecular weight excluding hydrogens is 234 g/mol. The lowest BCUT2D eigenvalue weighted by Gasteiger charge is -2.37. The molecular formula is C17H31NO. The Morgan fingerprint density at radius 2 is 1.89 bits per heavy atom. The van der Waals surface area contributed by atoms with Crippen LogP contribution in [0.25, 0.3) is 0 Å². The number of carbonyl (C=O) groups excluding carboxylic acids is 1. The number of ketones is 1. The van der Waals surface area contributed by atoms with Crippen LogP contribution in [0.3, 0.4) is 0 Å². The van der Waals surface area contributed by atoms with Crippen molar-refractivity contribution >= 4 is 5.78 Å². The average molecular weight is 265 g/mol. The van der Waals surface area contributed by atoms with E-state index in [0.717, 1.165) is 43.6 Å². The van der Waals surface area contributed by atoms with Crippen LogP contribution >= 0.6 is 0 Å². The topological polar surface area (TPSA) is 20.3 Å². The second kappa shape index (κ2) is 6.88. The van der Waals surface area contributed by atoms with Gasteiger partial charge in [0.2, 0.25) is 0 Å². The molecule has 0 radical (unpaired) electrons. The molecule has 1 heterocycles. The summed E-state index contributed by atoms with van der Waals surface area (Å²) in [4.78, 5) is 14.6. The molecule has 2 rings (SSSR count). The minimum absolute atomic E-state index is 0.342. The lowest BCUT2D eigenvalue weighted by Crippen LogP contribution is -2.41. The van der Waals surface area contributed by atoms with Gasteiger partial charge in [-0.05, 0) is 56.5 Å². The van der Waals surface area contributed by atoms with Gasteiger partial charge in [-0.3, -0.25) is 4.79 Å². The standard InChI is InChI=1S/C17H31NO/c1-4-14-5-6-17(19)16(11-14)12-18-9-7-15(8-10-18)13(2)3/h13-16H,4-12H2,1-3H3. The van der Waals surface area contributed by atoms with Gasteiger partial charge in [0.05, 0.1) is 0 Å². The van der Waals surface area contributed by atoms with E-state index in [9.17, 15) is 4.79 Å². The molecule has 0 aromatic rings. The van der Waals surface area contributed by atoms with E-state index in [1.807, 2.05) is 0 Å². The van der Waals surface area contributed by atoms with Crippen LogP contribution in [0.4, 0.5) is 0 Å². The second-order valence-corrected chi connectivity index (χ2v) is 7.09. The van der Waals surface area contributed by atoms with Crippen molar-refractivity contribution in [3.63, 3.8) is 0 Å². The summed E-state index contributed by atoms with van der Waals surface area (Å²) in [5.74, 6) is 3.41. The van der Waals surface area contributed by atoms with Crippen molar-refractivity contribution in [3.05, 3.63) is 0 Å². The zero-order valence-corrected chi connectivity index (χ0v) is 13.0. The molecule has 0 aromatic carbocycles. The molecule has 0 spiro atoms. The van der Waals surface area contributed by atoms with Gasteiger partial charge in [0.1, 0.15) is 5.78 Å². The van der Waals surface area contributed by atoms with Crippen molar-refractivity contribution in [3.8, 4) is 0 Å². The van der Waals surface area contributed by atoms with Gasteiger partial charge >= 0.3 is 0 Å². The summed E-state index contributed by atoms with van der Waals surface area (Å²) >= 11 is 0. The number of rotatable bonds is 4. The maximum atomic E-state index is 12.1. The van der Waals surface area contributed by atoms with Crippen LogP contribution in [0.15, 0.2) is 0 Å². The Kier molecular flexibility index (Phi) is 5.44. The first kappa shape index (κ1) is 15.0. The minimum atomic E-state index is 0.342. The maximum absolute atomic E-state index is 12.1. The van der Waals surface area contributed by atoms with Gasteiger partial charge in [0.25, 0.3) is 0 Å². The zero-order chi connectivity index (χ0) is 13.8. The number of nitrogens with zero attached hydrogens (tertiary/aromatic N) is 1. The average Bonchev–Trinajstić information content (AvgIpc) is 2.42. The molecule has 2 nitrogen and oxygen atoms in total. The summed E-state index contributed by atoms with van der Waals surface area (Å²) < 4.78 is 0. The summed E-state index contributed by atoms with van der Waals surface area (Å²) in [5, 5.41) is 0. The number of piperidine rings is 1. The third-order valence-electron chi connectivity index (χ3n) is 5.50. The molecule has 1 saturated carbocycles. The summed E-state index contributed by atoms with van der Waals surface area (Å²) in [5.41, 5.74) is 0. The molecule has 2 atom stereocenters. The predicted octanol–water partition coefficient (Wildman–Crippen LogP) is 3.75. The molecule has 1 aliphatic carbocycles. The Morgan fingerprint density at radius 3 is 2.47 bits per heavy atom. The van der Waals surface area contributed by atoms with E-state index in [1.54, 1.807) is 0 Å². The third kappa shape index (κ3) is 4.05. The fourth-order valence-corrected chi connectivity index (χ4v) is 3.86. The van der Waals surface area contributed by atoms with E-state index in [2.05, 4.69) is 25.7 Å². The Hall–Kier alpha value is -0.370. The molecule has 2 unspecified atom stereocenters. The van der Waals surface area contributed by atoms with E-state index in [-0.39, 0.29) is 0 Å². The maximum Gasteiger partial charge on any atom is 0.137 e. The Labute approximate surface area is 118 Å². The molecule has 0 aromatic heterocycles. The van der Waals surface area contributed by atoms with Crippen LogP contribution in [0, 0.1) is 23.7 Å². The Balaban J connectivity index is 1.79. The van der Waals surface area contributed by atoms with Crippen molar-refractivity contribution in [2.75, 3.05) is 19.6 Å². The van der Waals surface area contributed by atoms with Crippen LogP contribution < -0.4 is 0 Å². The third-order valence-corrected chi connectivity index (χ3v) is 5.50. The van der Waals surface area contributed by atoms with E-state index in [1.165, 1.54) is 32.4 Å². The van der Waals surface area contributed by atoms with Crippen LogP contribution in [0.2, 0.25) is 0 Å². The lowest BCUT2D eigenvalue weighted by molar-refractivity contribution is -0.126. The fourth-order valence-electron chi connectivity index (χ4n) is 3.86. The highest BCUT2D eigenvalue weighted by Crippen LogP contribution is 2.31. The molecule has 110 valence electrons. The molecule has 2 heteroatoms. The molecule has 0 bridgehead atoms. The highest BCUT2D eigenvalue weighted by Gasteiger charge is 2.30. The Bertz CT molecular complexity index is 292. The SMILES string of the molecule is CCC1CCC(=O)C(CN2CCC(C(C)C)CC2)C1. The molecule has 19 heavy (non-hydrogen) atoms. The largest absolute Gasteiger partial charge is 0.303 e. The first-order valence-electron chi connectivity index (χ1n) is 8.35.